The predicted octanol–water partition coefficient (Wildman–Crippen LogP) is 3.17. The Bertz CT molecular complexity index is 593. The summed E-state index contributed by atoms with van der Waals surface area (Å²) in [6.07, 6.45) is 0. The maximum absolute atomic E-state index is 7.57. The molecule has 0 amide bonds. The van der Waals surface area contributed by atoms with Gasteiger partial charge in [0.2, 0.25) is 0 Å². The Morgan fingerprint density at radius 2 is 2.10 bits per heavy atom. The normalized spacial score (nSPS) is 10.7. The maximum atomic E-state index is 7.57. The Balaban J connectivity index is 2.07. The smallest absolute Gasteiger partial charge is 0.135 e. The molecule has 2 rings (SSSR count). The van der Waals surface area contributed by atoms with Crippen LogP contribution in [0.25, 0.3) is 0 Å². The van der Waals surface area contributed by atoms with E-state index in [9.17, 15) is 0 Å². The van der Waals surface area contributed by atoms with Gasteiger partial charge in [-0.05, 0) is 19.1 Å². The second-order valence-corrected chi connectivity index (χ2v) is 6.46. The average Bonchev–Trinajstić information content (AvgIpc) is 2.82. The first-order valence-corrected chi connectivity index (χ1v) is 7.91. The van der Waals surface area contributed by atoms with Crippen molar-refractivity contribution >= 4 is 28.9 Å². The Morgan fingerprint density at radius 1 is 1.40 bits per heavy atom. The lowest BCUT2D eigenvalue weighted by Crippen LogP contribution is -2.11. The summed E-state index contributed by atoms with van der Waals surface area (Å²) in [7, 11) is 1.62. The van der Waals surface area contributed by atoms with Gasteiger partial charge in [0.05, 0.1) is 22.9 Å². The Labute approximate surface area is 126 Å². The number of aryl methyl sites for hydroxylation is 1. The van der Waals surface area contributed by atoms with Gasteiger partial charge >= 0.3 is 0 Å². The van der Waals surface area contributed by atoms with Crippen molar-refractivity contribution in [2.45, 2.75) is 24.2 Å². The van der Waals surface area contributed by atoms with E-state index in [1.54, 1.807) is 18.9 Å². The van der Waals surface area contributed by atoms with Gasteiger partial charge in [-0.25, -0.2) is 4.98 Å². The fourth-order valence-electron chi connectivity index (χ4n) is 1.69. The minimum absolute atomic E-state index is 0.0566. The lowest BCUT2D eigenvalue weighted by molar-refractivity contribution is 0.182. The molecule has 1 heterocycles. The van der Waals surface area contributed by atoms with Gasteiger partial charge < -0.3 is 10.5 Å². The molecule has 0 saturated heterocycles. The lowest BCUT2D eigenvalue weighted by atomic mass is 10.2. The standard InChI is InChI=1S/C14H17N3OS2/c1-9-3-5-10(6-4-9)19-8-12-17-11(7-18-2)13(20-12)14(15)16/h3-6H,7-8H2,1-2H3,(H3,15,16). The van der Waals surface area contributed by atoms with Gasteiger partial charge in [0.1, 0.15) is 10.8 Å². The Hall–Kier alpha value is -1.37. The second-order valence-electron chi connectivity index (χ2n) is 4.33. The molecule has 0 atom stereocenters. The number of nitrogen functional groups attached to an aromatic ring is 1. The number of hydrogen-bond donors (Lipinski definition) is 2. The zero-order valence-electron chi connectivity index (χ0n) is 11.5. The zero-order valence-corrected chi connectivity index (χ0v) is 13.1. The number of nitrogens with two attached hydrogens (primary N) is 1. The Morgan fingerprint density at radius 3 is 2.70 bits per heavy atom. The molecule has 1 aromatic carbocycles. The lowest BCUT2D eigenvalue weighted by Gasteiger charge is -1.99. The van der Waals surface area contributed by atoms with Crippen molar-refractivity contribution in [2.24, 2.45) is 5.73 Å². The highest BCUT2D eigenvalue weighted by Crippen LogP contribution is 2.27. The molecular formula is C14H17N3OS2. The molecule has 2 aromatic rings. The van der Waals surface area contributed by atoms with E-state index in [-0.39, 0.29) is 5.84 Å². The van der Waals surface area contributed by atoms with E-state index in [0.717, 1.165) is 16.5 Å². The van der Waals surface area contributed by atoms with Crippen LogP contribution in [0.15, 0.2) is 29.2 Å². The SMILES string of the molecule is COCc1nc(CSc2ccc(C)cc2)sc1C(=N)N. The Kier molecular flexibility index (Phi) is 5.17. The number of hydrogen-bond acceptors (Lipinski definition) is 5. The highest BCUT2D eigenvalue weighted by Gasteiger charge is 2.13. The van der Waals surface area contributed by atoms with E-state index in [4.69, 9.17) is 15.9 Å². The highest BCUT2D eigenvalue weighted by molar-refractivity contribution is 7.98. The van der Waals surface area contributed by atoms with Crippen molar-refractivity contribution in [3.05, 3.63) is 45.4 Å². The summed E-state index contributed by atoms with van der Waals surface area (Å²) in [6, 6.07) is 8.41. The molecule has 0 aliphatic rings. The van der Waals surface area contributed by atoms with Crippen LogP contribution >= 0.6 is 23.1 Å². The van der Waals surface area contributed by atoms with Gasteiger partial charge in [-0.1, -0.05) is 17.7 Å². The summed E-state index contributed by atoms with van der Waals surface area (Å²) in [5.74, 6) is 0.832. The van der Waals surface area contributed by atoms with Crippen LogP contribution in [0.5, 0.6) is 0 Å². The molecule has 0 aliphatic heterocycles. The summed E-state index contributed by atoms with van der Waals surface area (Å²) in [5.41, 5.74) is 7.58. The monoisotopic (exact) mass is 307 g/mol. The van der Waals surface area contributed by atoms with Crippen LogP contribution in [0, 0.1) is 12.3 Å². The minimum Gasteiger partial charge on any atom is -0.383 e. The minimum atomic E-state index is 0.0566. The largest absolute Gasteiger partial charge is 0.383 e. The number of aromatic nitrogens is 1. The topological polar surface area (TPSA) is 72.0 Å². The molecule has 4 nitrogen and oxygen atoms in total. The number of ether oxygens (including phenoxy) is 1. The molecule has 0 bridgehead atoms. The van der Waals surface area contributed by atoms with E-state index >= 15 is 0 Å². The van der Waals surface area contributed by atoms with Gasteiger partial charge in [-0.15, -0.1) is 23.1 Å². The first-order chi connectivity index (χ1) is 9.60. The van der Waals surface area contributed by atoms with E-state index < -0.39 is 0 Å². The fraction of sp³-hybridized carbons (Fsp3) is 0.286. The van der Waals surface area contributed by atoms with Crippen molar-refractivity contribution in [2.75, 3.05) is 7.11 Å². The van der Waals surface area contributed by atoms with Crippen LogP contribution in [-0.2, 0) is 17.1 Å². The molecule has 0 saturated carbocycles. The molecule has 1 aromatic heterocycles. The van der Waals surface area contributed by atoms with E-state index in [0.29, 0.717) is 11.5 Å². The van der Waals surface area contributed by atoms with E-state index in [2.05, 4.69) is 36.2 Å². The van der Waals surface area contributed by atoms with Gasteiger partial charge in [-0.2, -0.15) is 0 Å². The quantitative estimate of drug-likeness (QED) is 0.488. The van der Waals surface area contributed by atoms with Crippen molar-refractivity contribution < 1.29 is 4.74 Å². The van der Waals surface area contributed by atoms with Gasteiger partial charge in [0, 0.05) is 12.0 Å². The zero-order chi connectivity index (χ0) is 14.5. The second kappa shape index (κ2) is 6.88. The highest BCUT2D eigenvalue weighted by atomic mass is 32.2. The summed E-state index contributed by atoms with van der Waals surface area (Å²) in [5, 5.41) is 8.54. The third kappa shape index (κ3) is 3.82. The van der Waals surface area contributed by atoms with Crippen LogP contribution < -0.4 is 5.73 Å². The summed E-state index contributed by atoms with van der Waals surface area (Å²) in [6.45, 7) is 2.46. The van der Waals surface area contributed by atoms with Gasteiger partial charge in [0.25, 0.3) is 0 Å². The summed E-state index contributed by atoms with van der Waals surface area (Å²) >= 11 is 3.20. The number of methoxy groups -OCH3 is 1. The van der Waals surface area contributed by atoms with Crippen LogP contribution in [0.3, 0.4) is 0 Å². The summed E-state index contributed by atoms with van der Waals surface area (Å²) in [4.78, 5) is 6.43. The number of nitrogens with one attached hydrogen (secondary N) is 1. The van der Waals surface area contributed by atoms with Crippen LogP contribution in [-0.4, -0.2) is 17.9 Å². The average molecular weight is 307 g/mol. The first kappa shape index (κ1) is 15.0. The van der Waals surface area contributed by atoms with E-state index in [1.165, 1.54) is 21.8 Å². The maximum Gasteiger partial charge on any atom is 0.135 e. The number of thioether (sulfide) groups is 1. The first-order valence-electron chi connectivity index (χ1n) is 6.11. The third-order valence-corrected chi connectivity index (χ3v) is 4.99. The van der Waals surface area contributed by atoms with Crippen molar-refractivity contribution in [1.29, 1.82) is 5.41 Å². The molecule has 0 spiro atoms. The van der Waals surface area contributed by atoms with Crippen LogP contribution in [0.1, 0.15) is 21.1 Å². The number of benzene rings is 1. The fourth-order valence-corrected chi connectivity index (χ4v) is 3.51. The third-order valence-electron chi connectivity index (χ3n) is 2.65. The molecular weight excluding hydrogens is 290 g/mol. The number of rotatable bonds is 6. The molecule has 0 radical (unpaired) electrons. The summed E-state index contributed by atoms with van der Waals surface area (Å²) < 4.78 is 5.09. The molecule has 6 heteroatoms. The molecule has 0 aliphatic carbocycles. The molecule has 3 N–H and O–H groups in total. The molecule has 0 fully saturated rings. The van der Waals surface area contributed by atoms with Crippen LogP contribution in [0.2, 0.25) is 0 Å². The number of nitrogens with zero attached hydrogens (tertiary/aromatic N) is 1. The molecule has 20 heavy (non-hydrogen) atoms. The molecule has 0 unspecified atom stereocenters. The van der Waals surface area contributed by atoms with E-state index in [1.807, 2.05) is 0 Å². The molecule has 106 valence electrons. The predicted molar refractivity (Wildman–Crippen MR) is 84.6 cm³/mol. The van der Waals surface area contributed by atoms with Crippen molar-refractivity contribution in [3.63, 3.8) is 0 Å². The van der Waals surface area contributed by atoms with Crippen molar-refractivity contribution in [3.8, 4) is 0 Å². The number of thiazole rings is 1. The van der Waals surface area contributed by atoms with Gasteiger partial charge in [0.15, 0.2) is 0 Å². The van der Waals surface area contributed by atoms with Crippen LogP contribution in [0.4, 0.5) is 0 Å². The van der Waals surface area contributed by atoms with Gasteiger partial charge in [-0.3, -0.25) is 5.41 Å². The van der Waals surface area contributed by atoms with Crippen molar-refractivity contribution in [1.82, 2.24) is 4.98 Å². The number of amidine groups is 1.